The standard InChI is InChI=1S/C18H18N6O/c19-18(17-23-13-3-1-2-4-14(13)25-17)6-9-24(10-7-18)16-12-5-8-20-15(12)21-11-22-16/h1-5,8,11H,6-7,9-10,19H2,(H,20,21,22). The van der Waals surface area contributed by atoms with E-state index in [0.29, 0.717) is 5.89 Å². The molecule has 0 atom stereocenters. The average molecular weight is 334 g/mol. The zero-order valence-corrected chi connectivity index (χ0v) is 13.6. The first-order valence-electron chi connectivity index (χ1n) is 8.41. The molecule has 0 spiro atoms. The van der Waals surface area contributed by atoms with Gasteiger partial charge in [0, 0.05) is 19.3 Å². The molecule has 126 valence electrons. The number of nitrogens with zero attached hydrogens (tertiary/aromatic N) is 4. The summed E-state index contributed by atoms with van der Waals surface area (Å²) in [6, 6.07) is 9.78. The van der Waals surface area contributed by atoms with E-state index >= 15 is 0 Å². The maximum Gasteiger partial charge on any atom is 0.215 e. The number of nitrogens with two attached hydrogens (primary N) is 1. The Kier molecular flexibility index (Phi) is 3.05. The van der Waals surface area contributed by atoms with E-state index < -0.39 is 5.54 Å². The molecule has 0 unspecified atom stereocenters. The highest BCUT2D eigenvalue weighted by atomic mass is 16.4. The molecule has 1 aromatic carbocycles. The van der Waals surface area contributed by atoms with Gasteiger partial charge in [0.2, 0.25) is 5.89 Å². The normalized spacial score (nSPS) is 17.4. The van der Waals surface area contributed by atoms with Gasteiger partial charge in [-0.3, -0.25) is 0 Å². The van der Waals surface area contributed by atoms with Crippen LogP contribution in [-0.2, 0) is 5.54 Å². The molecular formula is C18H18N6O. The van der Waals surface area contributed by atoms with Crippen molar-refractivity contribution in [3.63, 3.8) is 0 Å². The fourth-order valence-corrected chi connectivity index (χ4v) is 3.53. The van der Waals surface area contributed by atoms with Crippen LogP contribution in [0.5, 0.6) is 0 Å². The number of hydrogen-bond acceptors (Lipinski definition) is 6. The van der Waals surface area contributed by atoms with Gasteiger partial charge in [-0.2, -0.15) is 0 Å². The summed E-state index contributed by atoms with van der Waals surface area (Å²) in [5, 5.41) is 1.04. The third-order valence-electron chi connectivity index (χ3n) is 5.01. The summed E-state index contributed by atoms with van der Waals surface area (Å²) < 4.78 is 5.92. The minimum Gasteiger partial charge on any atom is -0.439 e. The van der Waals surface area contributed by atoms with E-state index in [1.165, 1.54) is 0 Å². The molecular weight excluding hydrogens is 316 g/mol. The predicted molar refractivity (Wildman–Crippen MR) is 95.2 cm³/mol. The molecule has 3 N–H and O–H groups in total. The Labute approximate surface area is 143 Å². The molecule has 25 heavy (non-hydrogen) atoms. The highest BCUT2D eigenvalue weighted by Gasteiger charge is 2.37. The summed E-state index contributed by atoms with van der Waals surface area (Å²) >= 11 is 0. The third-order valence-corrected chi connectivity index (χ3v) is 5.01. The SMILES string of the molecule is NC1(c2nc3ccccc3o2)CCN(c2ncnc3[nH]ccc23)CC1. The predicted octanol–water partition coefficient (Wildman–Crippen LogP) is 2.55. The van der Waals surface area contributed by atoms with Crippen molar-refractivity contribution in [2.24, 2.45) is 5.73 Å². The molecule has 0 bridgehead atoms. The maximum atomic E-state index is 6.66. The Hall–Kier alpha value is -2.93. The van der Waals surface area contributed by atoms with Crippen LogP contribution >= 0.6 is 0 Å². The van der Waals surface area contributed by atoms with E-state index in [1.54, 1.807) is 6.33 Å². The molecule has 1 fully saturated rings. The number of hydrogen-bond donors (Lipinski definition) is 2. The number of aromatic nitrogens is 4. The largest absolute Gasteiger partial charge is 0.439 e. The Morgan fingerprint density at radius 3 is 2.80 bits per heavy atom. The van der Waals surface area contributed by atoms with Crippen LogP contribution in [0, 0.1) is 0 Å². The minimum absolute atomic E-state index is 0.542. The second-order valence-corrected chi connectivity index (χ2v) is 6.57. The van der Waals surface area contributed by atoms with E-state index in [4.69, 9.17) is 10.2 Å². The van der Waals surface area contributed by atoms with Crippen LogP contribution in [-0.4, -0.2) is 33.0 Å². The number of piperidine rings is 1. The number of para-hydroxylation sites is 2. The van der Waals surface area contributed by atoms with E-state index in [0.717, 1.165) is 53.9 Å². The third kappa shape index (κ3) is 2.27. The van der Waals surface area contributed by atoms with Gasteiger partial charge in [-0.05, 0) is 31.0 Å². The van der Waals surface area contributed by atoms with Crippen molar-refractivity contribution in [2.75, 3.05) is 18.0 Å². The molecule has 0 amide bonds. The van der Waals surface area contributed by atoms with Crippen LogP contribution < -0.4 is 10.6 Å². The van der Waals surface area contributed by atoms with Gasteiger partial charge < -0.3 is 20.0 Å². The van der Waals surface area contributed by atoms with Crippen molar-refractivity contribution in [1.29, 1.82) is 0 Å². The molecule has 3 aromatic heterocycles. The smallest absolute Gasteiger partial charge is 0.215 e. The zero-order chi connectivity index (χ0) is 16.9. The molecule has 1 aliphatic heterocycles. The van der Waals surface area contributed by atoms with Crippen LogP contribution in [0.2, 0.25) is 0 Å². The number of benzene rings is 1. The van der Waals surface area contributed by atoms with Crippen molar-refractivity contribution in [3.05, 3.63) is 48.7 Å². The van der Waals surface area contributed by atoms with Crippen molar-refractivity contribution in [3.8, 4) is 0 Å². The molecule has 0 aliphatic carbocycles. The molecule has 0 radical (unpaired) electrons. The first-order chi connectivity index (χ1) is 12.2. The lowest BCUT2D eigenvalue weighted by atomic mass is 9.88. The Bertz CT molecular complexity index is 1010. The monoisotopic (exact) mass is 334 g/mol. The molecule has 7 heteroatoms. The molecule has 5 rings (SSSR count). The van der Waals surface area contributed by atoms with Gasteiger partial charge in [-0.25, -0.2) is 15.0 Å². The topological polar surface area (TPSA) is 96.9 Å². The van der Waals surface area contributed by atoms with E-state index in [2.05, 4.69) is 24.8 Å². The van der Waals surface area contributed by atoms with Crippen LogP contribution in [0.4, 0.5) is 5.82 Å². The zero-order valence-electron chi connectivity index (χ0n) is 13.6. The van der Waals surface area contributed by atoms with Gasteiger partial charge in [-0.15, -0.1) is 0 Å². The number of oxazole rings is 1. The number of nitrogens with one attached hydrogen (secondary N) is 1. The first-order valence-corrected chi connectivity index (χ1v) is 8.41. The Morgan fingerprint density at radius 1 is 1.12 bits per heavy atom. The van der Waals surface area contributed by atoms with E-state index in [1.807, 2.05) is 36.5 Å². The summed E-state index contributed by atoms with van der Waals surface area (Å²) in [5.74, 6) is 1.58. The van der Waals surface area contributed by atoms with Gasteiger partial charge in [0.1, 0.15) is 23.3 Å². The minimum atomic E-state index is -0.542. The van der Waals surface area contributed by atoms with Crippen molar-refractivity contribution in [2.45, 2.75) is 18.4 Å². The fourth-order valence-electron chi connectivity index (χ4n) is 3.53. The second-order valence-electron chi connectivity index (χ2n) is 6.57. The molecule has 0 saturated carbocycles. The highest BCUT2D eigenvalue weighted by Crippen LogP contribution is 2.34. The summed E-state index contributed by atoms with van der Waals surface area (Å²) in [5.41, 5.74) is 8.61. The molecule has 1 aliphatic rings. The number of rotatable bonds is 2. The first kappa shape index (κ1) is 14.4. The van der Waals surface area contributed by atoms with Crippen molar-refractivity contribution < 1.29 is 4.42 Å². The summed E-state index contributed by atoms with van der Waals surface area (Å²) in [6.07, 6.45) is 5.00. The van der Waals surface area contributed by atoms with Crippen LogP contribution in [0.3, 0.4) is 0 Å². The van der Waals surface area contributed by atoms with E-state index in [9.17, 15) is 0 Å². The molecule has 1 saturated heterocycles. The summed E-state index contributed by atoms with van der Waals surface area (Å²) in [7, 11) is 0. The number of anilines is 1. The quantitative estimate of drug-likeness (QED) is 0.585. The van der Waals surface area contributed by atoms with Crippen LogP contribution in [0.1, 0.15) is 18.7 Å². The molecule has 4 heterocycles. The lowest BCUT2D eigenvalue weighted by Gasteiger charge is -2.37. The van der Waals surface area contributed by atoms with Crippen LogP contribution in [0.25, 0.3) is 22.1 Å². The average Bonchev–Trinajstić information content (AvgIpc) is 3.29. The summed E-state index contributed by atoms with van der Waals surface area (Å²) in [4.78, 5) is 18.7. The number of aromatic amines is 1. The Morgan fingerprint density at radius 2 is 1.96 bits per heavy atom. The van der Waals surface area contributed by atoms with Crippen molar-refractivity contribution >= 4 is 28.0 Å². The highest BCUT2D eigenvalue weighted by molar-refractivity contribution is 5.87. The van der Waals surface area contributed by atoms with Gasteiger partial charge in [0.15, 0.2) is 5.58 Å². The Balaban J connectivity index is 1.42. The van der Waals surface area contributed by atoms with Gasteiger partial charge in [-0.1, -0.05) is 12.1 Å². The summed E-state index contributed by atoms with van der Waals surface area (Å²) in [6.45, 7) is 1.60. The fraction of sp³-hybridized carbons (Fsp3) is 0.278. The van der Waals surface area contributed by atoms with Crippen molar-refractivity contribution in [1.82, 2.24) is 19.9 Å². The van der Waals surface area contributed by atoms with E-state index in [-0.39, 0.29) is 0 Å². The maximum absolute atomic E-state index is 6.66. The van der Waals surface area contributed by atoms with Crippen LogP contribution in [0.15, 0.2) is 47.3 Å². The lowest BCUT2D eigenvalue weighted by molar-refractivity contribution is 0.275. The molecule has 4 aromatic rings. The van der Waals surface area contributed by atoms with Gasteiger partial charge in [0.25, 0.3) is 0 Å². The van der Waals surface area contributed by atoms with Gasteiger partial charge >= 0.3 is 0 Å². The number of fused-ring (bicyclic) bond motifs is 2. The second kappa shape index (κ2) is 5.29. The lowest BCUT2D eigenvalue weighted by Crippen LogP contribution is -2.48. The molecule has 7 nitrogen and oxygen atoms in total. The number of H-pyrrole nitrogens is 1. The van der Waals surface area contributed by atoms with Gasteiger partial charge in [0.05, 0.1) is 10.9 Å².